The lowest BCUT2D eigenvalue weighted by Crippen LogP contribution is -2.47. The summed E-state index contributed by atoms with van der Waals surface area (Å²) in [5, 5.41) is 4.84. The molecule has 1 aromatic carbocycles. The average molecular weight is 334 g/mol. The SMILES string of the molecule is CC(NS(=O)(=O)c1cccc2cnccc12)N1CCCNCC1. The Hall–Kier alpha value is -1.54. The molecule has 1 fully saturated rings. The van der Waals surface area contributed by atoms with E-state index in [2.05, 4.69) is 19.9 Å². The van der Waals surface area contributed by atoms with Crippen molar-refractivity contribution in [1.29, 1.82) is 0 Å². The van der Waals surface area contributed by atoms with Crippen molar-refractivity contribution in [2.75, 3.05) is 26.2 Å². The molecular formula is C16H22N4O2S. The van der Waals surface area contributed by atoms with Gasteiger partial charge in [-0.3, -0.25) is 9.88 Å². The Balaban J connectivity index is 1.85. The monoisotopic (exact) mass is 334 g/mol. The van der Waals surface area contributed by atoms with Crippen LogP contribution in [0.1, 0.15) is 13.3 Å². The Morgan fingerprint density at radius 1 is 1.26 bits per heavy atom. The number of sulfonamides is 1. The molecule has 1 unspecified atom stereocenters. The van der Waals surface area contributed by atoms with E-state index in [1.165, 1.54) is 0 Å². The molecule has 1 aliphatic rings. The van der Waals surface area contributed by atoms with Crippen molar-refractivity contribution >= 4 is 20.8 Å². The maximum absolute atomic E-state index is 12.8. The topological polar surface area (TPSA) is 74.3 Å². The van der Waals surface area contributed by atoms with Crippen LogP contribution < -0.4 is 10.0 Å². The van der Waals surface area contributed by atoms with Crippen LogP contribution in [0.15, 0.2) is 41.6 Å². The van der Waals surface area contributed by atoms with E-state index in [4.69, 9.17) is 0 Å². The fourth-order valence-corrected chi connectivity index (χ4v) is 4.40. The predicted octanol–water partition coefficient (Wildman–Crippen LogP) is 1.15. The Morgan fingerprint density at radius 3 is 3.00 bits per heavy atom. The number of aromatic nitrogens is 1. The first-order valence-corrected chi connectivity index (χ1v) is 9.36. The van der Waals surface area contributed by atoms with Crippen molar-refractivity contribution in [2.24, 2.45) is 0 Å². The molecule has 0 amide bonds. The minimum Gasteiger partial charge on any atom is -0.315 e. The molecule has 0 saturated carbocycles. The van der Waals surface area contributed by atoms with Crippen LogP contribution in [0.4, 0.5) is 0 Å². The van der Waals surface area contributed by atoms with Crippen molar-refractivity contribution in [3.63, 3.8) is 0 Å². The number of fused-ring (bicyclic) bond motifs is 1. The standard InChI is InChI=1S/C16H22N4O2S/c1-13(20-10-3-7-17-9-11-20)19-23(21,22)16-5-2-4-14-12-18-8-6-15(14)16/h2,4-6,8,12-13,17,19H,3,7,9-11H2,1H3. The number of nitrogens with zero attached hydrogens (tertiary/aromatic N) is 2. The number of rotatable bonds is 4. The maximum Gasteiger partial charge on any atom is 0.242 e. The molecule has 2 aromatic rings. The van der Waals surface area contributed by atoms with Crippen molar-refractivity contribution in [2.45, 2.75) is 24.4 Å². The van der Waals surface area contributed by atoms with Crippen molar-refractivity contribution in [1.82, 2.24) is 19.9 Å². The number of nitrogens with one attached hydrogen (secondary N) is 2. The summed E-state index contributed by atoms with van der Waals surface area (Å²) < 4.78 is 28.4. The molecule has 2 heterocycles. The lowest BCUT2D eigenvalue weighted by molar-refractivity contribution is 0.212. The van der Waals surface area contributed by atoms with Crippen LogP contribution in [-0.2, 0) is 10.0 Å². The second kappa shape index (κ2) is 6.92. The molecule has 124 valence electrons. The van der Waals surface area contributed by atoms with Crippen LogP contribution in [0, 0.1) is 0 Å². The molecule has 1 aromatic heterocycles. The molecule has 1 aliphatic heterocycles. The third kappa shape index (κ3) is 3.69. The molecule has 2 N–H and O–H groups in total. The van der Waals surface area contributed by atoms with Crippen LogP contribution in [0.25, 0.3) is 10.8 Å². The van der Waals surface area contributed by atoms with Gasteiger partial charge in [-0.2, -0.15) is 4.72 Å². The van der Waals surface area contributed by atoms with Gasteiger partial charge in [-0.25, -0.2) is 8.42 Å². The van der Waals surface area contributed by atoms with E-state index in [0.29, 0.717) is 10.3 Å². The smallest absolute Gasteiger partial charge is 0.242 e. The maximum atomic E-state index is 12.8. The Kier molecular flexibility index (Phi) is 4.91. The van der Waals surface area contributed by atoms with Gasteiger partial charge in [0.05, 0.1) is 11.1 Å². The molecule has 0 radical (unpaired) electrons. The lowest BCUT2D eigenvalue weighted by Gasteiger charge is -2.27. The van der Waals surface area contributed by atoms with Crippen molar-refractivity contribution in [3.05, 3.63) is 36.7 Å². The molecule has 1 atom stereocenters. The minimum absolute atomic E-state index is 0.239. The fourth-order valence-electron chi connectivity index (χ4n) is 2.94. The van der Waals surface area contributed by atoms with Gasteiger partial charge in [0.25, 0.3) is 0 Å². The number of pyridine rings is 1. The van der Waals surface area contributed by atoms with Crippen molar-refractivity contribution in [3.8, 4) is 0 Å². The van der Waals surface area contributed by atoms with Crippen molar-refractivity contribution < 1.29 is 8.42 Å². The van der Waals surface area contributed by atoms with E-state index < -0.39 is 10.0 Å². The van der Waals surface area contributed by atoms with E-state index >= 15 is 0 Å². The van der Waals surface area contributed by atoms with E-state index in [9.17, 15) is 8.42 Å². The first-order valence-electron chi connectivity index (χ1n) is 7.88. The van der Waals surface area contributed by atoms with E-state index in [1.807, 2.05) is 13.0 Å². The van der Waals surface area contributed by atoms with Gasteiger partial charge in [0.15, 0.2) is 0 Å². The largest absolute Gasteiger partial charge is 0.315 e. The molecule has 7 heteroatoms. The first kappa shape index (κ1) is 16.3. The number of hydrogen-bond donors (Lipinski definition) is 2. The number of benzene rings is 1. The third-order valence-electron chi connectivity index (χ3n) is 4.18. The normalized spacial score (nSPS) is 18.7. The quantitative estimate of drug-likeness (QED) is 0.877. The van der Waals surface area contributed by atoms with Gasteiger partial charge in [-0.05, 0) is 32.0 Å². The highest BCUT2D eigenvalue weighted by molar-refractivity contribution is 7.89. The second-order valence-corrected chi connectivity index (χ2v) is 7.47. The molecule has 6 nitrogen and oxygen atoms in total. The molecule has 3 rings (SSSR count). The summed E-state index contributed by atoms with van der Waals surface area (Å²) in [6.45, 7) is 5.48. The summed E-state index contributed by atoms with van der Waals surface area (Å²) >= 11 is 0. The molecular weight excluding hydrogens is 312 g/mol. The fraction of sp³-hybridized carbons (Fsp3) is 0.438. The van der Waals surface area contributed by atoms with Gasteiger partial charge in [0, 0.05) is 42.8 Å². The van der Waals surface area contributed by atoms with Gasteiger partial charge in [0.2, 0.25) is 10.0 Å². The van der Waals surface area contributed by atoms with Gasteiger partial charge < -0.3 is 5.32 Å². The van der Waals surface area contributed by atoms with Gasteiger partial charge in [-0.1, -0.05) is 12.1 Å². The summed E-state index contributed by atoms with van der Waals surface area (Å²) in [7, 11) is -3.59. The van der Waals surface area contributed by atoms with Crippen LogP contribution in [-0.4, -0.2) is 50.6 Å². The van der Waals surface area contributed by atoms with E-state index in [1.54, 1.807) is 30.6 Å². The lowest BCUT2D eigenvalue weighted by atomic mass is 10.2. The average Bonchev–Trinajstić information content (AvgIpc) is 2.83. The first-order chi connectivity index (χ1) is 11.1. The van der Waals surface area contributed by atoms with Crippen LogP contribution in [0.3, 0.4) is 0 Å². The van der Waals surface area contributed by atoms with E-state index in [-0.39, 0.29) is 6.17 Å². The molecule has 0 aliphatic carbocycles. The molecule has 1 saturated heterocycles. The van der Waals surface area contributed by atoms with E-state index in [0.717, 1.165) is 38.0 Å². The Labute approximate surface area is 137 Å². The summed E-state index contributed by atoms with van der Waals surface area (Å²) in [6, 6.07) is 7.00. The zero-order valence-corrected chi connectivity index (χ0v) is 14.0. The van der Waals surface area contributed by atoms with Gasteiger partial charge >= 0.3 is 0 Å². The Bertz CT molecular complexity index is 765. The van der Waals surface area contributed by atoms with Crippen LogP contribution >= 0.6 is 0 Å². The van der Waals surface area contributed by atoms with Crippen LogP contribution in [0.2, 0.25) is 0 Å². The van der Waals surface area contributed by atoms with Gasteiger partial charge in [0.1, 0.15) is 0 Å². The van der Waals surface area contributed by atoms with Gasteiger partial charge in [-0.15, -0.1) is 0 Å². The zero-order valence-electron chi connectivity index (χ0n) is 13.2. The second-order valence-electron chi connectivity index (χ2n) is 5.79. The summed E-state index contributed by atoms with van der Waals surface area (Å²) in [4.78, 5) is 6.51. The zero-order chi connectivity index (χ0) is 16.3. The van der Waals surface area contributed by atoms with Crippen LogP contribution in [0.5, 0.6) is 0 Å². The summed E-state index contributed by atoms with van der Waals surface area (Å²) in [6.07, 6.45) is 4.08. The number of hydrogen-bond acceptors (Lipinski definition) is 5. The molecule has 23 heavy (non-hydrogen) atoms. The highest BCUT2D eigenvalue weighted by atomic mass is 32.2. The molecule has 0 spiro atoms. The minimum atomic E-state index is -3.59. The Morgan fingerprint density at radius 2 is 2.13 bits per heavy atom. The summed E-state index contributed by atoms with van der Waals surface area (Å²) in [5.41, 5.74) is 0. The molecule has 0 bridgehead atoms. The highest BCUT2D eigenvalue weighted by Crippen LogP contribution is 2.22. The predicted molar refractivity (Wildman–Crippen MR) is 90.6 cm³/mol. The third-order valence-corrected chi connectivity index (χ3v) is 5.76. The highest BCUT2D eigenvalue weighted by Gasteiger charge is 2.23. The summed E-state index contributed by atoms with van der Waals surface area (Å²) in [5.74, 6) is 0.